The van der Waals surface area contributed by atoms with Gasteiger partial charge in [0.25, 0.3) is 5.69 Å². The number of rotatable bonds is 10. The number of carbonyl (C=O) groups is 3. The zero-order valence-corrected chi connectivity index (χ0v) is 19.0. The molecule has 2 amide bonds. The first-order chi connectivity index (χ1) is 15.7. The zero-order valence-electron chi connectivity index (χ0n) is 18.1. The molecule has 1 atom stereocenters. The quantitative estimate of drug-likeness (QED) is 0.123. The van der Waals surface area contributed by atoms with E-state index in [1.54, 1.807) is 19.1 Å². The number of nitrogens with one attached hydrogen (secondary N) is 4. The molecule has 12 nitrogen and oxygen atoms in total. The van der Waals surface area contributed by atoms with Crippen molar-refractivity contribution in [2.45, 2.75) is 26.3 Å². The molecule has 0 bridgehead atoms. The lowest BCUT2D eigenvalue weighted by Gasteiger charge is -2.29. The molecule has 0 aromatic heterocycles. The first kappa shape index (κ1) is 25.5. The van der Waals surface area contributed by atoms with E-state index in [4.69, 9.17) is 21.7 Å². The maximum atomic E-state index is 12.7. The van der Waals surface area contributed by atoms with Crippen molar-refractivity contribution in [3.8, 4) is 0 Å². The van der Waals surface area contributed by atoms with Crippen LogP contribution in [0.15, 0.2) is 35.5 Å². The Morgan fingerprint density at radius 3 is 2.64 bits per heavy atom. The Morgan fingerprint density at radius 2 is 1.94 bits per heavy atom. The van der Waals surface area contributed by atoms with E-state index in [1.165, 1.54) is 19.1 Å². The van der Waals surface area contributed by atoms with Crippen molar-refractivity contribution in [1.29, 1.82) is 0 Å². The molecule has 4 N–H and O–H groups in total. The molecule has 1 aliphatic heterocycles. The van der Waals surface area contributed by atoms with Gasteiger partial charge in [0.1, 0.15) is 6.61 Å². The van der Waals surface area contributed by atoms with Crippen molar-refractivity contribution in [3.05, 3.63) is 51.2 Å². The van der Waals surface area contributed by atoms with Crippen LogP contribution < -0.4 is 21.3 Å². The van der Waals surface area contributed by atoms with E-state index < -0.39 is 23.0 Å². The number of thiocarbonyl (C=S) groups is 1. The molecular formula is C20H25N5O7S. The zero-order chi connectivity index (χ0) is 24.4. The Kier molecular flexibility index (Phi) is 9.54. The molecule has 0 aliphatic carbocycles. The fourth-order valence-corrected chi connectivity index (χ4v) is 3.26. The number of benzene rings is 1. The summed E-state index contributed by atoms with van der Waals surface area (Å²) in [6, 6.07) is 5.33. The second kappa shape index (κ2) is 12.3. The summed E-state index contributed by atoms with van der Waals surface area (Å²) in [6.07, 6.45) is -0.431. The van der Waals surface area contributed by atoms with E-state index >= 15 is 0 Å². The summed E-state index contributed by atoms with van der Waals surface area (Å²) in [5.74, 6) is -0.855. The van der Waals surface area contributed by atoms with Crippen LogP contribution in [0.4, 0.5) is 10.5 Å². The molecule has 0 saturated carbocycles. The van der Waals surface area contributed by atoms with Gasteiger partial charge in [-0.25, -0.2) is 9.59 Å². The molecule has 33 heavy (non-hydrogen) atoms. The highest BCUT2D eigenvalue weighted by Crippen LogP contribution is 2.16. The third-order valence-electron chi connectivity index (χ3n) is 4.47. The van der Waals surface area contributed by atoms with Gasteiger partial charge < -0.3 is 30.7 Å². The number of allylic oxidation sites excluding steroid dienone is 1. The second-order valence-electron chi connectivity index (χ2n) is 7.01. The molecule has 1 aliphatic rings. The fourth-order valence-electron chi connectivity index (χ4n) is 2.96. The monoisotopic (exact) mass is 479 g/mol. The number of non-ortho nitro benzene ring substituents is 1. The SMILES string of the molecule is CC(=O)NCCNC(=O)OCC1NC(=S)NC(C)=C1C(=O)OCCc1cccc([N+](=O)[O-])c1. The van der Waals surface area contributed by atoms with Gasteiger partial charge in [0.2, 0.25) is 5.91 Å². The number of alkyl carbamates (subject to hydrolysis) is 1. The second-order valence-corrected chi connectivity index (χ2v) is 7.42. The van der Waals surface area contributed by atoms with E-state index in [1.807, 2.05) is 0 Å². The summed E-state index contributed by atoms with van der Waals surface area (Å²) in [5.41, 5.74) is 1.28. The van der Waals surface area contributed by atoms with Gasteiger partial charge in [-0.3, -0.25) is 14.9 Å². The van der Waals surface area contributed by atoms with Crippen LogP contribution in [0.2, 0.25) is 0 Å². The van der Waals surface area contributed by atoms with Crippen LogP contribution in [0.5, 0.6) is 0 Å². The lowest BCUT2D eigenvalue weighted by Crippen LogP contribution is -2.52. The highest BCUT2D eigenvalue weighted by atomic mass is 32.1. The molecule has 178 valence electrons. The topological polar surface area (TPSA) is 161 Å². The molecule has 0 saturated heterocycles. The van der Waals surface area contributed by atoms with Gasteiger partial charge in [-0.1, -0.05) is 12.1 Å². The minimum atomic E-state index is -0.731. The van der Waals surface area contributed by atoms with E-state index in [-0.39, 0.29) is 55.0 Å². The number of amides is 2. The Hall–Kier alpha value is -3.74. The minimum Gasteiger partial charge on any atom is -0.462 e. The number of nitro benzene ring substituents is 1. The number of carbonyl (C=O) groups excluding carboxylic acids is 3. The third kappa shape index (κ3) is 8.37. The van der Waals surface area contributed by atoms with Crippen molar-refractivity contribution in [3.63, 3.8) is 0 Å². The van der Waals surface area contributed by atoms with Crippen molar-refractivity contribution in [1.82, 2.24) is 21.3 Å². The van der Waals surface area contributed by atoms with Crippen LogP contribution in [0.3, 0.4) is 0 Å². The van der Waals surface area contributed by atoms with Crippen LogP contribution in [-0.4, -0.2) is 60.4 Å². The molecule has 0 radical (unpaired) electrons. The first-order valence-corrected chi connectivity index (χ1v) is 10.4. The predicted molar refractivity (Wildman–Crippen MR) is 121 cm³/mol. The number of ether oxygens (including phenoxy) is 2. The van der Waals surface area contributed by atoms with Gasteiger partial charge in [0, 0.05) is 44.3 Å². The minimum absolute atomic E-state index is 0.00155. The van der Waals surface area contributed by atoms with E-state index in [2.05, 4.69) is 21.3 Å². The van der Waals surface area contributed by atoms with Crippen molar-refractivity contribution in [2.24, 2.45) is 0 Å². The van der Waals surface area contributed by atoms with E-state index in [0.29, 0.717) is 11.3 Å². The van der Waals surface area contributed by atoms with Crippen LogP contribution >= 0.6 is 12.2 Å². The molecule has 1 aromatic rings. The summed E-state index contributed by atoms with van der Waals surface area (Å²) in [7, 11) is 0. The van der Waals surface area contributed by atoms with Gasteiger partial charge >= 0.3 is 12.1 Å². The summed E-state index contributed by atoms with van der Waals surface area (Å²) in [4.78, 5) is 45.8. The van der Waals surface area contributed by atoms with Gasteiger partial charge in [-0.2, -0.15) is 0 Å². The van der Waals surface area contributed by atoms with Gasteiger partial charge in [-0.15, -0.1) is 0 Å². The van der Waals surface area contributed by atoms with E-state index in [0.717, 1.165) is 0 Å². The van der Waals surface area contributed by atoms with Gasteiger partial charge in [0.15, 0.2) is 5.11 Å². The summed E-state index contributed by atoms with van der Waals surface area (Å²) < 4.78 is 10.5. The highest BCUT2D eigenvalue weighted by molar-refractivity contribution is 7.80. The molecule has 1 unspecified atom stereocenters. The Balaban J connectivity index is 1.91. The summed E-state index contributed by atoms with van der Waals surface area (Å²) in [5, 5.41) is 21.9. The first-order valence-electron chi connectivity index (χ1n) is 10.0. The highest BCUT2D eigenvalue weighted by Gasteiger charge is 2.30. The summed E-state index contributed by atoms with van der Waals surface area (Å²) >= 11 is 5.11. The van der Waals surface area contributed by atoms with E-state index in [9.17, 15) is 24.5 Å². The molecule has 0 fully saturated rings. The van der Waals surface area contributed by atoms with Crippen LogP contribution in [-0.2, 0) is 25.5 Å². The number of nitro groups is 1. The number of esters is 1. The van der Waals surface area contributed by atoms with Crippen molar-refractivity contribution >= 4 is 41.0 Å². The van der Waals surface area contributed by atoms with Crippen LogP contribution in [0, 0.1) is 10.1 Å². The fraction of sp³-hybridized carbons (Fsp3) is 0.400. The average Bonchev–Trinajstić information content (AvgIpc) is 2.74. The van der Waals surface area contributed by atoms with Gasteiger partial charge in [0.05, 0.1) is 23.1 Å². The van der Waals surface area contributed by atoms with Crippen molar-refractivity contribution < 1.29 is 28.8 Å². The van der Waals surface area contributed by atoms with Crippen LogP contribution in [0.1, 0.15) is 19.4 Å². The van der Waals surface area contributed by atoms with Crippen molar-refractivity contribution in [2.75, 3.05) is 26.3 Å². The Morgan fingerprint density at radius 1 is 1.21 bits per heavy atom. The number of hydrogen-bond acceptors (Lipinski definition) is 8. The predicted octanol–water partition coefficient (Wildman–Crippen LogP) is 0.663. The molecule has 13 heteroatoms. The lowest BCUT2D eigenvalue weighted by atomic mass is 10.0. The standard InChI is InChI=1S/C20H25N5O7S/c1-12-17(18(27)31-9-6-14-4-3-5-15(10-14)25(29)30)16(24-19(33)23-12)11-32-20(28)22-8-7-21-13(2)26/h3-5,10,16H,6-9,11H2,1-2H3,(H,21,26)(H,22,28)(H2,23,24,33). The van der Waals surface area contributed by atoms with Crippen LogP contribution in [0.25, 0.3) is 0 Å². The third-order valence-corrected chi connectivity index (χ3v) is 4.69. The number of nitrogens with zero attached hydrogens (tertiary/aromatic N) is 1. The summed E-state index contributed by atoms with van der Waals surface area (Å²) in [6.45, 7) is 3.24. The Bertz CT molecular complexity index is 966. The smallest absolute Gasteiger partial charge is 0.407 e. The maximum absolute atomic E-state index is 12.7. The maximum Gasteiger partial charge on any atom is 0.407 e. The van der Waals surface area contributed by atoms with Gasteiger partial charge in [-0.05, 0) is 24.7 Å². The largest absolute Gasteiger partial charge is 0.462 e. The molecular weight excluding hydrogens is 454 g/mol. The number of hydrogen-bond donors (Lipinski definition) is 4. The normalized spacial score (nSPS) is 15.1. The molecule has 2 rings (SSSR count). The molecule has 1 heterocycles. The lowest BCUT2D eigenvalue weighted by molar-refractivity contribution is -0.384. The average molecular weight is 480 g/mol. The molecule has 1 aromatic carbocycles. The Labute approximate surface area is 195 Å². The molecule has 0 spiro atoms.